The highest BCUT2D eigenvalue weighted by Gasteiger charge is 2.23. The largest absolute Gasteiger partial charge is 0.394 e. The molecular formula is C7H16O6. The minimum Gasteiger partial charge on any atom is -0.394 e. The van der Waals surface area contributed by atoms with Gasteiger partial charge >= 0.3 is 0 Å². The highest BCUT2D eigenvalue weighted by molar-refractivity contribution is 4.73. The quantitative estimate of drug-likeness (QED) is 0.279. The summed E-state index contributed by atoms with van der Waals surface area (Å²) in [4.78, 5) is 0. The van der Waals surface area contributed by atoms with Gasteiger partial charge in [-0.1, -0.05) is 0 Å². The van der Waals surface area contributed by atoms with Crippen LogP contribution in [0.4, 0.5) is 0 Å². The van der Waals surface area contributed by atoms with Gasteiger partial charge in [-0.15, -0.1) is 0 Å². The van der Waals surface area contributed by atoms with Crippen molar-refractivity contribution in [1.82, 2.24) is 0 Å². The Morgan fingerprint density at radius 3 is 2.08 bits per heavy atom. The van der Waals surface area contributed by atoms with Gasteiger partial charge < -0.3 is 30.3 Å². The van der Waals surface area contributed by atoms with Gasteiger partial charge in [-0.3, -0.25) is 0 Å². The molecule has 0 aromatic rings. The molecule has 0 saturated heterocycles. The summed E-state index contributed by atoms with van der Waals surface area (Å²) < 4.78 is 4.71. The summed E-state index contributed by atoms with van der Waals surface area (Å²) >= 11 is 0. The summed E-state index contributed by atoms with van der Waals surface area (Å²) in [6.45, 7) is -0.943. The van der Waals surface area contributed by atoms with Gasteiger partial charge in [0.1, 0.15) is 18.3 Å². The molecule has 0 aliphatic carbocycles. The molecule has 0 amide bonds. The van der Waals surface area contributed by atoms with Crippen LogP contribution in [-0.2, 0) is 4.74 Å². The van der Waals surface area contributed by atoms with Crippen LogP contribution >= 0.6 is 0 Å². The minimum atomic E-state index is -1.44. The third kappa shape index (κ3) is 5.14. The molecule has 0 fully saturated rings. The van der Waals surface area contributed by atoms with E-state index >= 15 is 0 Å². The van der Waals surface area contributed by atoms with Crippen molar-refractivity contribution in [2.75, 3.05) is 26.4 Å². The highest BCUT2D eigenvalue weighted by Crippen LogP contribution is 2.00. The molecule has 0 aromatic carbocycles. The van der Waals surface area contributed by atoms with Gasteiger partial charge in [0.05, 0.1) is 26.4 Å². The maximum atomic E-state index is 9.12. The fourth-order valence-corrected chi connectivity index (χ4v) is 0.732. The molecule has 6 heteroatoms. The molecule has 0 spiro atoms. The Morgan fingerprint density at radius 2 is 1.62 bits per heavy atom. The van der Waals surface area contributed by atoms with Crippen molar-refractivity contribution in [3.05, 3.63) is 0 Å². The molecule has 13 heavy (non-hydrogen) atoms. The summed E-state index contributed by atoms with van der Waals surface area (Å²) in [5, 5.41) is 43.8. The standard InChI is InChI=1S/C7H16O6/c8-1-2-13-4-6(11)7(12)5(10)3-9/h5-12H,1-4H2/t5-,6+,7+/m1/s1. The molecule has 80 valence electrons. The summed E-state index contributed by atoms with van der Waals surface area (Å²) in [6, 6.07) is 0. The maximum absolute atomic E-state index is 9.12. The molecule has 0 heterocycles. The lowest BCUT2D eigenvalue weighted by molar-refractivity contribution is -0.101. The average molecular weight is 196 g/mol. The predicted octanol–water partition coefficient (Wildman–Crippen LogP) is -2.93. The lowest BCUT2D eigenvalue weighted by Gasteiger charge is -2.21. The van der Waals surface area contributed by atoms with E-state index in [4.69, 9.17) is 30.3 Å². The summed E-state index contributed by atoms with van der Waals surface area (Å²) in [7, 11) is 0. The topological polar surface area (TPSA) is 110 Å². The lowest BCUT2D eigenvalue weighted by atomic mass is 10.1. The van der Waals surface area contributed by atoms with Gasteiger partial charge in [0.15, 0.2) is 0 Å². The predicted molar refractivity (Wildman–Crippen MR) is 43.0 cm³/mol. The van der Waals surface area contributed by atoms with Crippen LogP contribution in [0.2, 0.25) is 0 Å². The summed E-state index contributed by atoms with van der Waals surface area (Å²) in [6.07, 6.45) is -4.09. The molecule has 0 aliphatic rings. The van der Waals surface area contributed by atoms with Crippen LogP contribution in [0, 0.1) is 0 Å². The molecular weight excluding hydrogens is 180 g/mol. The van der Waals surface area contributed by atoms with E-state index in [1.54, 1.807) is 0 Å². The zero-order valence-electron chi connectivity index (χ0n) is 7.20. The van der Waals surface area contributed by atoms with Crippen molar-refractivity contribution in [3.8, 4) is 0 Å². The van der Waals surface area contributed by atoms with E-state index in [2.05, 4.69) is 0 Å². The lowest BCUT2D eigenvalue weighted by Crippen LogP contribution is -2.42. The SMILES string of the molecule is OCCOC[C@H](O)[C@@H](O)[C@H](O)CO. The Morgan fingerprint density at radius 1 is 1.00 bits per heavy atom. The van der Waals surface area contributed by atoms with Crippen LogP contribution in [0.15, 0.2) is 0 Å². The van der Waals surface area contributed by atoms with Crippen LogP contribution in [0.5, 0.6) is 0 Å². The van der Waals surface area contributed by atoms with Crippen LogP contribution in [0.1, 0.15) is 0 Å². The third-order valence-corrected chi connectivity index (χ3v) is 1.50. The summed E-state index contributed by atoms with van der Waals surface area (Å²) in [5.41, 5.74) is 0. The van der Waals surface area contributed by atoms with Crippen LogP contribution in [-0.4, -0.2) is 70.3 Å². The molecule has 0 saturated carbocycles. The number of hydrogen-bond donors (Lipinski definition) is 5. The van der Waals surface area contributed by atoms with Crippen molar-refractivity contribution < 1.29 is 30.3 Å². The number of ether oxygens (including phenoxy) is 1. The maximum Gasteiger partial charge on any atom is 0.110 e. The molecule has 6 nitrogen and oxygen atoms in total. The Bertz CT molecular complexity index is 120. The molecule has 0 rings (SSSR count). The minimum absolute atomic E-state index is 0.0546. The first-order valence-corrected chi connectivity index (χ1v) is 3.97. The Hall–Kier alpha value is -0.240. The van der Waals surface area contributed by atoms with Gasteiger partial charge in [-0.2, -0.15) is 0 Å². The van der Waals surface area contributed by atoms with E-state index in [9.17, 15) is 0 Å². The summed E-state index contributed by atoms with van der Waals surface area (Å²) in [5.74, 6) is 0. The van der Waals surface area contributed by atoms with Crippen molar-refractivity contribution >= 4 is 0 Å². The van der Waals surface area contributed by atoms with Crippen molar-refractivity contribution in [2.45, 2.75) is 18.3 Å². The van der Waals surface area contributed by atoms with E-state index < -0.39 is 24.9 Å². The second kappa shape index (κ2) is 7.19. The first kappa shape index (κ1) is 12.8. The van der Waals surface area contributed by atoms with Gasteiger partial charge in [-0.05, 0) is 0 Å². The average Bonchev–Trinajstić information content (AvgIpc) is 2.15. The Balaban J connectivity index is 3.62. The van der Waals surface area contributed by atoms with Gasteiger partial charge in [-0.25, -0.2) is 0 Å². The highest BCUT2D eigenvalue weighted by atomic mass is 16.5. The zero-order valence-corrected chi connectivity index (χ0v) is 7.20. The number of rotatable bonds is 7. The smallest absolute Gasteiger partial charge is 0.110 e. The van der Waals surface area contributed by atoms with E-state index in [0.717, 1.165) is 0 Å². The normalized spacial score (nSPS) is 18.2. The molecule has 0 aromatic heterocycles. The molecule has 0 radical (unpaired) electrons. The Labute approximate surface area is 76.0 Å². The second-order valence-corrected chi connectivity index (χ2v) is 2.61. The van der Waals surface area contributed by atoms with E-state index in [0.29, 0.717) is 0 Å². The molecule has 3 atom stereocenters. The third-order valence-electron chi connectivity index (χ3n) is 1.50. The van der Waals surface area contributed by atoms with Gasteiger partial charge in [0.2, 0.25) is 0 Å². The van der Waals surface area contributed by atoms with Crippen molar-refractivity contribution in [2.24, 2.45) is 0 Å². The molecule has 0 aliphatic heterocycles. The van der Waals surface area contributed by atoms with Crippen molar-refractivity contribution in [3.63, 3.8) is 0 Å². The fraction of sp³-hybridized carbons (Fsp3) is 1.00. The molecule has 0 unspecified atom stereocenters. The van der Waals surface area contributed by atoms with Crippen molar-refractivity contribution in [1.29, 1.82) is 0 Å². The zero-order chi connectivity index (χ0) is 10.3. The van der Waals surface area contributed by atoms with E-state index in [1.165, 1.54) is 0 Å². The first-order chi connectivity index (χ1) is 6.13. The number of aliphatic hydroxyl groups excluding tert-OH is 5. The van der Waals surface area contributed by atoms with E-state index in [-0.39, 0.29) is 19.8 Å². The number of aliphatic hydroxyl groups is 5. The molecule has 5 N–H and O–H groups in total. The second-order valence-electron chi connectivity index (χ2n) is 2.61. The van der Waals surface area contributed by atoms with Crippen LogP contribution in [0.3, 0.4) is 0 Å². The Kier molecular flexibility index (Phi) is 7.06. The van der Waals surface area contributed by atoms with Crippen LogP contribution < -0.4 is 0 Å². The van der Waals surface area contributed by atoms with Crippen LogP contribution in [0.25, 0.3) is 0 Å². The number of hydrogen-bond acceptors (Lipinski definition) is 6. The van der Waals surface area contributed by atoms with E-state index in [1.807, 2.05) is 0 Å². The van der Waals surface area contributed by atoms with Gasteiger partial charge in [0, 0.05) is 0 Å². The van der Waals surface area contributed by atoms with Gasteiger partial charge in [0.25, 0.3) is 0 Å². The fourth-order valence-electron chi connectivity index (χ4n) is 0.732. The monoisotopic (exact) mass is 196 g/mol. The molecule has 0 bridgehead atoms. The first-order valence-electron chi connectivity index (χ1n) is 3.97.